The lowest BCUT2D eigenvalue weighted by Gasteiger charge is -2.09. The fourth-order valence-corrected chi connectivity index (χ4v) is 2.54. The molecule has 3 aromatic rings. The van der Waals surface area contributed by atoms with Gasteiger partial charge in [0, 0.05) is 41.9 Å². The van der Waals surface area contributed by atoms with Gasteiger partial charge in [-0.3, -0.25) is 14.4 Å². The van der Waals surface area contributed by atoms with Gasteiger partial charge in [0.1, 0.15) is 0 Å². The number of rotatable bonds is 6. The fraction of sp³-hybridized carbons (Fsp3) is 0.0952. The number of carbonyl (C=O) groups is 3. The Balaban J connectivity index is 1.67. The van der Waals surface area contributed by atoms with E-state index in [4.69, 9.17) is 0 Å². The number of ketones is 1. The van der Waals surface area contributed by atoms with Crippen LogP contribution < -0.4 is 16.0 Å². The Morgan fingerprint density at radius 2 is 1.38 bits per heavy atom. The molecule has 29 heavy (non-hydrogen) atoms. The van der Waals surface area contributed by atoms with Crippen molar-refractivity contribution in [2.24, 2.45) is 0 Å². The van der Waals surface area contributed by atoms with Gasteiger partial charge in [-0.1, -0.05) is 18.2 Å². The van der Waals surface area contributed by atoms with Crippen molar-refractivity contribution in [3.05, 3.63) is 72.1 Å². The molecule has 1 heterocycles. The molecule has 8 nitrogen and oxygen atoms in total. The minimum Gasteiger partial charge on any atom is -0.326 e. The minimum absolute atomic E-state index is 0.0811. The second kappa shape index (κ2) is 8.75. The molecule has 2 aromatic carbocycles. The number of hydrogen-bond acceptors (Lipinski definition) is 6. The number of carbonyl (C=O) groups excluding carboxylic acids is 3. The lowest BCUT2D eigenvalue weighted by Crippen LogP contribution is -2.13. The Bertz CT molecular complexity index is 1060. The summed E-state index contributed by atoms with van der Waals surface area (Å²) < 4.78 is 0. The van der Waals surface area contributed by atoms with Gasteiger partial charge in [0.25, 0.3) is 5.91 Å². The number of aromatic nitrogens is 2. The van der Waals surface area contributed by atoms with Gasteiger partial charge < -0.3 is 16.0 Å². The summed E-state index contributed by atoms with van der Waals surface area (Å²) in [6, 6.07) is 13.8. The van der Waals surface area contributed by atoms with Crippen LogP contribution in [0, 0.1) is 0 Å². The summed E-state index contributed by atoms with van der Waals surface area (Å²) in [6.45, 7) is 2.90. The van der Waals surface area contributed by atoms with Crippen LogP contribution >= 0.6 is 0 Å². The average Bonchev–Trinajstić information content (AvgIpc) is 2.68. The van der Waals surface area contributed by atoms with E-state index in [0.717, 1.165) is 0 Å². The number of anilines is 4. The van der Waals surface area contributed by atoms with Crippen molar-refractivity contribution in [2.45, 2.75) is 13.8 Å². The van der Waals surface area contributed by atoms with Crippen LogP contribution in [0.3, 0.4) is 0 Å². The average molecular weight is 389 g/mol. The second-order valence-electron chi connectivity index (χ2n) is 6.27. The molecule has 146 valence electrons. The highest BCUT2D eigenvalue weighted by Crippen LogP contribution is 2.18. The van der Waals surface area contributed by atoms with Crippen molar-refractivity contribution in [1.82, 2.24) is 9.97 Å². The van der Waals surface area contributed by atoms with Gasteiger partial charge in [-0.25, -0.2) is 9.97 Å². The van der Waals surface area contributed by atoms with Gasteiger partial charge in [-0.2, -0.15) is 0 Å². The van der Waals surface area contributed by atoms with E-state index in [0.29, 0.717) is 28.6 Å². The van der Waals surface area contributed by atoms with Crippen molar-refractivity contribution in [3.63, 3.8) is 0 Å². The number of nitrogens with zero attached hydrogens (tertiary/aromatic N) is 2. The zero-order valence-electron chi connectivity index (χ0n) is 15.9. The van der Waals surface area contributed by atoms with Crippen LogP contribution in [0.4, 0.5) is 23.0 Å². The van der Waals surface area contributed by atoms with Crippen LogP contribution in [-0.4, -0.2) is 27.6 Å². The molecule has 0 saturated carbocycles. The lowest BCUT2D eigenvalue weighted by molar-refractivity contribution is -0.114. The van der Waals surface area contributed by atoms with E-state index in [1.807, 2.05) is 0 Å². The predicted octanol–water partition coefficient (Wildman–Crippen LogP) is 3.63. The predicted molar refractivity (Wildman–Crippen MR) is 110 cm³/mol. The Labute approximate surface area is 167 Å². The van der Waals surface area contributed by atoms with Gasteiger partial charge in [-0.05, 0) is 37.3 Å². The van der Waals surface area contributed by atoms with Crippen LogP contribution in [-0.2, 0) is 4.79 Å². The van der Waals surface area contributed by atoms with Crippen LogP contribution in [0.5, 0.6) is 0 Å². The SMILES string of the molecule is CC(=O)Nc1cccc(Nc2ncc(C(=O)Nc3cccc(C(C)=O)c3)cn2)c1. The maximum Gasteiger partial charge on any atom is 0.258 e. The van der Waals surface area contributed by atoms with Crippen molar-refractivity contribution in [2.75, 3.05) is 16.0 Å². The molecule has 3 N–H and O–H groups in total. The molecule has 0 bridgehead atoms. The van der Waals surface area contributed by atoms with Crippen LogP contribution in [0.15, 0.2) is 60.9 Å². The van der Waals surface area contributed by atoms with Crippen molar-refractivity contribution >= 4 is 40.6 Å². The van der Waals surface area contributed by atoms with Crippen LogP contribution in [0.25, 0.3) is 0 Å². The highest BCUT2D eigenvalue weighted by atomic mass is 16.2. The molecular formula is C21H19N5O3. The van der Waals surface area contributed by atoms with E-state index in [2.05, 4.69) is 25.9 Å². The molecule has 8 heteroatoms. The van der Waals surface area contributed by atoms with Crippen molar-refractivity contribution < 1.29 is 14.4 Å². The third-order valence-electron chi connectivity index (χ3n) is 3.88. The standard InChI is InChI=1S/C21H19N5O3/c1-13(27)15-5-3-6-17(9-15)25-20(29)16-11-22-21(23-12-16)26-19-8-4-7-18(10-19)24-14(2)28/h3-12H,1-2H3,(H,24,28)(H,25,29)(H,22,23,26). The molecule has 0 aliphatic rings. The maximum atomic E-state index is 12.4. The largest absolute Gasteiger partial charge is 0.326 e. The highest BCUT2D eigenvalue weighted by Gasteiger charge is 2.09. The Hall–Kier alpha value is -4.07. The fourth-order valence-electron chi connectivity index (χ4n) is 2.54. The summed E-state index contributed by atoms with van der Waals surface area (Å²) in [4.78, 5) is 43.3. The molecule has 0 radical (unpaired) electrons. The Kier molecular flexibility index (Phi) is 5.94. The topological polar surface area (TPSA) is 113 Å². The van der Waals surface area contributed by atoms with Gasteiger partial charge >= 0.3 is 0 Å². The van der Waals surface area contributed by atoms with Crippen molar-refractivity contribution in [1.29, 1.82) is 0 Å². The summed E-state index contributed by atoms with van der Waals surface area (Å²) in [7, 11) is 0. The van der Waals surface area contributed by atoms with Gasteiger partial charge in [0.05, 0.1) is 5.56 Å². The van der Waals surface area contributed by atoms with Crippen LogP contribution in [0.2, 0.25) is 0 Å². The van der Waals surface area contributed by atoms with E-state index in [1.165, 1.54) is 26.2 Å². The molecule has 0 fully saturated rings. The first-order valence-corrected chi connectivity index (χ1v) is 8.80. The smallest absolute Gasteiger partial charge is 0.258 e. The molecule has 0 aliphatic carbocycles. The summed E-state index contributed by atoms with van der Waals surface area (Å²) in [6.07, 6.45) is 2.80. The molecule has 0 atom stereocenters. The number of benzene rings is 2. The van der Waals surface area contributed by atoms with E-state index in [-0.39, 0.29) is 23.2 Å². The lowest BCUT2D eigenvalue weighted by atomic mass is 10.1. The zero-order valence-corrected chi connectivity index (χ0v) is 15.9. The highest BCUT2D eigenvalue weighted by molar-refractivity contribution is 6.04. The molecule has 0 unspecified atom stereocenters. The van der Waals surface area contributed by atoms with E-state index >= 15 is 0 Å². The third kappa shape index (κ3) is 5.46. The first-order valence-electron chi connectivity index (χ1n) is 8.80. The molecule has 2 amide bonds. The second-order valence-corrected chi connectivity index (χ2v) is 6.27. The molecule has 0 aliphatic heterocycles. The number of Topliss-reactive ketones (excluding diaryl/α,β-unsaturated/α-hetero) is 1. The third-order valence-corrected chi connectivity index (χ3v) is 3.88. The molecular weight excluding hydrogens is 370 g/mol. The number of nitrogens with one attached hydrogen (secondary N) is 3. The Morgan fingerprint density at radius 1 is 0.759 bits per heavy atom. The molecule has 0 spiro atoms. The minimum atomic E-state index is -0.384. The van der Waals surface area contributed by atoms with E-state index < -0.39 is 0 Å². The quantitative estimate of drug-likeness (QED) is 0.555. The number of amides is 2. The van der Waals surface area contributed by atoms with Crippen LogP contribution in [0.1, 0.15) is 34.6 Å². The van der Waals surface area contributed by atoms with Crippen molar-refractivity contribution in [3.8, 4) is 0 Å². The summed E-state index contributed by atoms with van der Waals surface area (Å²) >= 11 is 0. The Morgan fingerprint density at radius 3 is 2.03 bits per heavy atom. The van der Waals surface area contributed by atoms with Gasteiger partial charge in [-0.15, -0.1) is 0 Å². The summed E-state index contributed by atoms with van der Waals surface area (Å²) in [5, 5.41) is 8.42. The molecule has 0 saturated heterocycles. The maximum absolute atomic E-state index is 12.4. The zero-order chi connectivity index (χ0) is 20.8. The number of hydrogen-bond donors (Lipinski definition) is 3. The van der Waals surface area contributed by atoms with E-state index in [9.17, 15) is 14.4 Å². The van der Waals surface area contributed by atoms with E-state index in [1.54, 1.807) is 48.5 Å². The first-order chi connectivity index (χ1) is 13.9. The first kappa shape index (κ1) is 19.7. The monoisotopic (exact) mass is 389 g/mol. The normalized spacial score (nSPS) is 10.1. The van der Waals surface area contributed by atoms with Gasteiger partial charge in [0.15, 0.2) is 5.78 Å². The summed E-state index contributed by atoms with van der Waals surface area (Å²) in [5.74, 6) is -0.324. The molecule has 3 rings (SSSR count). The van der Waals surface area contributed by atoms with Gasteiger partial charge in [0.2, 0.25) is 11.9 Å². The summed E-state index contributed by atoms with van der Waals surface area (Å²) in [5.41, 5.74) is 2.64. The molecule has 1 aromatic heterocycles.